The lowest BCUT2D eigenvalue weighted by Gasteiger charge is -2.23. The molecule has 3 aromatic carbocycles. The minimum Gasteiger partial charge on any atom is -0.508 e. The second-order valence-electron chi connectivity index (χ2n) is 9.72. The molecule has 0 saturated heterocycles. The summed E-state index contributed by atoms with van der Waals surface area (Å²) < 4.78 is 0. The second-order valence-corrected chi connectivity index (χ2v) is 9.72. The zero-order valence-corrected chi connectivity index (χ0v) is 21.2. The first kappa shape index (κ1) is 27.7. The lowest BCUT2D eigenvalue weighted by molar-refractivity contribution is -0.136. The first-order valence-electron chi connectivity index (χ1n) is 12.5. The number of hydrogen-bond acceptors (Lipinski definition) is 5. The molecule has 0 heterocycles. The number of phenolic OH excluding ortho intramolecular Hbond substituents is 1. The highest BCUT2D eigenvalue weighted by Crippen LogP contribution is 2.19. The van der Waals surface area contributed by atoms with Gasteiger partial charge in [-0.25, -0.2) is 5.48 Å². The molecule has 0 unspecified atom stereocenters. The van der Waals surface area contributed by atoms with E-state index in [0.717, 1.165) is 21.9 Å². The Bertz CT molecular complexity index is 1210. The number of rotatable bonds is 12. The molecule has 37 heavy (non-hydrogen) atoms. The van der Waals surface area contributed by atoms with Crippen LogP contribution < -0.4 is 16.1 Å². The Labute approximate surface area is 217 Å². The molecule has 8 nitrogen and oxygen atoms in total. The van der Waals surface area contributed by atoms with Crippen LogP contribution in [-0.4, -0.2) is 40.6 Å². The number of carbonyl (C=O) groups excluding carboxylic acids is 3. The van der Waals surface area contributed by atoms with Gasteiger partial charge in [-0.05, 0) is 52.8 Å². The summed E-state index contributed by atoms with van der Waals surface area (Å²) in [5.74, 6) is -1.75. The maximum Gasteiger partial charge on any atom is 0.244 e. The second kappa shape index (κ2) is 13.4. The fourth-order valence-corrected chi connectivity index (χ4v) is 4.34. The van der Waals surface area contributed by atoms with Crippen LogP contribution in [-0.2, 0) is 27.2 Å². The molecule has 0 aromatic heterocycles. The molecule has 5 N–H and O–H groups in total. The van der Waals surface area contributed by atoms with E-state index in [4.69, 9.17) is 5.21 Å². The zero-order chi connectivity index (χ0) is 26.8. The van der Waals surface area contributed by atoms with Gasteiger partial charge in [0.25, 0.3) is 0 Å². The summed E-state index contributed by atoms with van der Waals surface area (Å²) >= 11 is 0. The molecule has 3 rings (SSSR count). The Kier molecular flexibility index (Phi) is 10.0. The first-order chi connectivity index (χ1) is 17.7. The molecule has 0 spiro atoms. The molecular weight excluding hydrogens is 470 g/mol. The van der Waals surface area contributed by atoms with Crippen LogP contribution in [0.4, 0.5) is 0 Å². The third kappa shape index (κ3) is 8.61. The van der Waals surface area contributed by atoms with Crippen molar-refractivity contribution >= 4 is 28.5 Å². The maximum atomic E-state index is 13.2. The highest BCUT2D eigenvalue weighted by Gasteiger charge is 2.28. The predicted molar refractivity (Wildman–Crippen MR) is 142 cm³/mol. The average molecular weight is 506 g/mol. The minimum absolute atomic E-state index is 0.139. The summed E-state index contributed by atoms with van der Waals surface area (Å²) in [6.45, 7) is 4.25. The average Bonchev–Trinajstić information content (AvgIpc) is 2.88. The minimum atomic E-state index is -0.847. The van der Waals surface area contributed by atoms with Crippen LogP contribution in [0.2, 0.25) is 0 Å². The molecule has 0 fully saturated rings. The summed E-state index contributed by atoms with van der Waals surface area (Å²) in [5.41, 5.74) is 3.44. The Morgan fingerprint density at radius 3 is 2.22 bits per heavy atom. The number of fused-ring (bicyclic) bond motifs is 1. The number of phenols is 1. The van der Waals surface area contributed by atoms with Crippen LogP contribution in [0.1, 0.15) is 37.8 Å². The highest BCUT2D eigenvalue weighted by molar-refractivity contribution is 5.91. The van der Waals surface area contributed by atoms with Gasteiger partial charge in [-0.1, -0.05) is 68.4 Å². The topological polar surface area (TPSA) is 128 Å². The number of benzene rings is 3. The Morgan fingerprint density at radius 2 is 1.54 bits per heavy atom. The van der Waals surface area contributed by atoms with Crippen LogP contribution in [0.15, 0.2) is 66.7 Å². The van der Waals surface area contributed by atoms with E-state index in [1.165, 1.54) is 0 Å². The van der Waals surface area contributed by atoms with Gasteiger partial charge in [0.15, 0.2) is 0 Å². The number of aromatic hydroxyl groups is 1. The highest BCUT2D eigenvalue weighted by atomic mass is 16.5. The third-order valence-corrected chi connectivity index (χ3v) is 6.22. The molecule has 8 heteroatoms. The quantitative estimate of drug-likeness (QED) is 0.190. The monoisotopic (exact) mass is 505 g/mol. The van der Waals surface area contributed by atoms with Crippen molar-refractivity contribution < 1.29 is 24.7 Å². The molecule has 0 saturated carbocycles. The molecule has 2 atom stereocenters. The first-order valence-corrected chi connectivity index (χ1v) is 12.5. The lowest BCUT2D eigenvalue weighted by atomic mass is 9.92. The van der Waals surface area contributed by atoms with Crippen LogP contribution in [0, 0.1) is 11.8 Å². The molecule has 0 bridgehead atoms. The van der Waals surface area contributed by atoms with E-state index >= 15 is 0 Å². The number of amides is 3. The standard InChI is InChI=1S/C29H35N3O5/c1-19(2)15-24(18-27(34)32-37)28(35)31-26(17-21-7-10-22-5-3-4-6-23(22)16-21)29(36)30-14-13-20-8-11-25(33)12-9-20/h3-12,16,19,24,26,33,37H,13-15,17-18H2,1-2H3,(H,30,36)(H,31,35)(H,32,34)/t24-,26-/m1/s1. The molecule has 0 aliphatic rings. The van der Waals surface area contributed by atoms with E-state index in [2.05, 4.69) is 10.6 Å². The van der Waals surface area contributed by atoms with Gasteiger partial charge in [-0.3, -0.25) is 19.6 Å². The summed E-state index contributed by atoms with van der Waals surface area (Å²) in [7, 11) is 0. The van der Waals surface area contributed by atoms with E-state index in [0.29, 0.717) is 19.4 Å². The van der Waals surface area contributed by atoms with E-state index < -0.39 is 23.8 Å². The van der Waals surface area contributed by atoms with Crippen molar-refractivity contribution in [2.24, 2.45) is 11.8 Å². The molecular formula is C29H35N3O5. The molecule has 196 valence electrons. The van der Waals surface area contributed by atoms with Crippen molar-refractivity contribution in [1.82, 2.24) is 16.1 Å². The van der Waals surface area contributed by atoms with Crippen LogP contribution in [0.5, 0.6) is 5.75 Å². The molecule has 3 amide bonds. The van der Waals surface area contributed by atoms with Gasteiger partial charge in [0.2, 0.25) is 17.7 Å². The Morgan fingerprint density at radius 1 is 0.865 bits per heavy atom. The number of hydroxylamine groups is 1. The normalized spacial score (nSPS) is 12.6. The summed E-state index contributed by atoms with van der Waals surface area (Å²) in [6.07, 6.45) is 1.10. The van der Waals surface area contributed by atoms with Crippen molar-refractivity contribution in [3.63, 3.8) is 0 Å². The third-order valence-electron chi connectivity index (χ3n) is 6.22. The molecule has 0 radical (unpaired) electrons. The van der Waals surface area contributed by atoms with Gasteiger partial charge < -0.3 is 15.7 Å². The Hall–Kier alpha value is -3.91. The van der Waals surface area contributed by atoms with Crippen molar-refractivity contribution in [3.8, 4) is 5.75 Å². The fourth-order valence-electron chi connectivity index (χ4n) is 4.34. The lowest BCUT2D eigenvalue weighted by Crippen LogP contribution is -2.50. The number of hydrogen-bond donors (Lipinski definition) is 5. The summed E-state index contributed by atoms with van der Waals surface area (Å²) in [5, 5.41) is 26.3. The summed E-state index contributed by atoms with van der Waals surface area (Å²) in [6, 6.07) is 19.8. The van der Waals surface area contributed by atoms with Gasteiger partial charge in [0.1, 0.15) is 11.8 Å². The molecule has 0 aliphatic heterocycles. The predicted octanol–water partition coefficient (Wildman–Crippen LogP) is 3.49. The van der Waals surface area contributed by atoms with Crippen molar-refractivity contribution in [2.75, 3.05) is 6.54 Å². The van der Waals surface area contributed by atoms with Gasteiger partial charge in [-0.2, -0.15) is 0 Å². The molecule has 0 aliphatic carbocycles. The van der Waals surface area contributed by atoms with E-state index in [1.807, 2.05) is 56.3 Å². The van der Waals surface area contributed by atoms with E-state index in [1.54, 1.807) is 29.7 Å². The van der Waals surface area contributed by atoms with Crippen LogP contribution >= 0.6 is 0 Å². The zero-order valence-electron chi connectivity index (χ0n) is 21.2. The van der Waals surface area contributed by atoms with Gasteiger partial charge in [0.05, 0.1) is 0 Å². The largest absolute Gasteiger partial charge is 0.508 e. The van der Waals surface area contributed by atoms with Gasteiger partial charge in [-0.15, -0.1) is 0 Å². The van der Waals surface area contributed by atoms with Crippen LogP contribution in [0.3, 0.4) is 0 Å². The van der Waals surface area contributed by atoms with Crippen molar-refractivity contribution in [3.05, 3.63) is 77.9 Å². The van der Waals surface area contributed by atoms with Gasteiger partial charge >= 0.3 is 0 Å². The summed E-state index contributed by atoms with van der Waals surface area (Å²) in [4.78, 5) is 38.2. The SMILES string of the molecule is CC(C)C[C@H](CC(=O)NO)C(=O)N[C@H](Cc1ccc2ccccc2c1)C(=O)NCCc1ccc(O)cc1. The number of nitrogens with one attached hydrogen (secondary N) is 3. The number of carbonyl (C=O) groups is 3. The smallest absolute Gasteiger partial charge is 0.244 e. The van der Waals surface area contributed by atoms with Gasteiger partial charge in [0, 0.05) is 25.3 Å². The van der Waals surface area contributed by atoms with E-state index in [-0.39, 0.29) is 30.4 Å². The fraction of sp³-hybridized carbons (Fsp3) is 0.345. The van der Waals surface area contributed by atoms with Crippen LogP contribution in [0.25, 0.3) is 10.8 Å². The Balaban J connectivity index is 1.75. The van der Waals surface area contributed by atoms with Crippen molar-refractivity contribution in [2.45, 2.75) is 45.6 Å². The maximum absolute atomic E-state index is 13.2. The van der Waals surface area contributed by atoms with Crippen molar-refractivity contribution in [1.29, 1.82) is 0 Å². The van der Waals surface area contributed by atoms with E-state index in [9.17, 15) is 19.5 Å². The molecule has 3 aromatic rings.